The van der Waals surface area contributed by atoms with Gasteiger partial charge in [0.25, 0.3) is 0 Å². The predicted octanol–water partition coefficient (Wildman–Crippen LogP) is 5.72. The van der Waals surface area contributed by atoms with E-state index in [-0.39, 0.29) is 11.6 Å². The van der Waals surface area contributed by atoms with Gasteiger partial charge < -0.3 is 4.57 Å². The highest BCUT2D eigenvalue weighted by molar-refractivity contribution is 9.11. The minimum atomic E-state index is -5.58. The standard InChI is InChI=1S/C14H15BrF5N/c1-4-12-10(7-11(15)9(2)3)5-6-21(12)8-13(16,17)14(18,19)20/h4-7,9H,1,8H2,2-3H3/b11-7+. The van der Waals surface area contributed by atoms with Crippen molar-refractivity contribution in [3.8, 4) is 0 Å². The summed E-state index contributed by atoms with van der Waals surface area (Å²) in [6.45, 7) is 5.85. The third-order valence-corrected chi connectivity index (χ3v) is 4.01. The average Bonchev–Trinajstić information content (AvgIpc) is 2.68. The first-order chi connectivity index (χ1) is 9.49. The van der Waals surface area contributed by atoms with E-state index >= 15 is 0 Å². The lowest BCUT2D eigenvalue weighted by Crippen LogP contribution is -2.40. The van der Waals surface area contributed by atoms with Crippen LogP contribution in [0.25, 0.3) is 12.2 Å². The summed E-state index contributed by atoms with van der Waals surface area (Å²) in [5.41, 5.74) is 0.750. The first kappa shape index (κ1) is 17.9. The van der Waals surface area contributed by atoms with Crippen molar-refractivity contribution < 1.29 is 22.0 Å². The Hall–Kier alpha value is -1.11. The lowest BCUT2D eigenvalue weighted by molar-refractivity contribution is -0.286. The quantitative estimate of drug-likeness (QED) is 0.583. The second-order valence-electron chi connectivity index (χ2n) is 4.87. The van der Waals surface area contributed by atoms with Crippen LogP contribution in [0.3, 0.4) is 0 Å². The Kier molecular flexibility index (Phi) is 5.41. The molecule has 0 fully saturated rings. The molecule has 7 heteroatoms. The van der Waals surface area contributed by atoms with Gasteiger partial charge in [-0.25, -0.2) is 0 Å². The van der Waals surface area contributed by atoms with E-state index in [1.54, 1.807) is 6.08 Å². The lowest BCUT2D eigenvalue weighted by atomic mass is 10.1. The largest absolute Gasteiger partial charge is 0.455 e. The van der Waals surface area contributed by atoms with Crippen LogP contribution in [0.5, 0.6) is 0 Å². The molecule has 1 rings (SSSR count). The molecule has 1 aromatic rings. The van der Waals surface area contributed by atoms with Crippen molar-refractivity contribution in [2.75, 3.05) is 0 Å². The van der Waals surface area contributed by atoms with Crippen LogP contribution in [0.4, 0.5) is 22.0 Å². The van der Waals surface area contributed by atoms with E-state index in [0.29, 0.717) is 5.56 Å². The van der Waals surface area contributed by atoms with E-state index in [9.17, 15) is 22.0 Å². The van der Waals surface area contributed by atoms with E-state index < -0.39 is 18.6 Å². The van der Waals surface area contributed by atoms with Crippen molar-refractivity contribution in [1.82, 2.24) is 4.57 Å². The molecule has 0 aliphatic carbocycles. The minimum absolute atomic E-state index is 0.169. The second kappa shape index (κ2) is 6.34. The van der Waals surface area contributed by atoms with Crippen LogP contribution < -0.4 is 0 Å². The monoisotopic (exact) mass is 371 g/mol. The molecule has 1 heterocycles. The summed E-state index contributed by atoms with van der Waals surface area (Å²) in [6, 6.07) is 1.48. The van der Waals surface area contributed by atoms with E-state index in [1.807, 2.05) is 13.8 Å². The summed E-state index contributed by atoms with van der Waals surface area (Å²) in [5.74, 6) is -4.62. The fourth-order valence-electron chi connectivity index (χ4n) is 1.62. The maximum Gasteiger partial charge on any atom is 0.455 e. The Bertz CT molecular complexity index is 540. The van der Waals surface area contributed by atoms with Gasteiger partial charge in [0.2, 0.25) is 0 Å². The highest BCUT2D eigenvalue weighted by atomic mass is 79.9. The molecule has 0 spiro atoms. The third kappa shape index (κ3) is 4.18. The summed E-state index contributed by atoms with van der Waals surface area (Å²) in [6.07, 6.45) is -1.43. The van der Waals surface area contributed by atoms with Crippen molar-refractivity contribution in [3.63, 3.8) is 0 Å². The van der Waals surface area contributed by atoms with Crippen molar-refractivity contribution in [2.24, 2.45) is 5.92 Å². The first-order valence-electron chi connectivity index (χ1n) is 6.13. The van der Waals surface area contributed by atoms with Gasteiger partial charge in [0, 0.05) is 17.5 Å². The second-order valence-corrected chi connectivity index (χ2v) is 5.79. The van der Waals surface area contributed by atoms with Crippen molar-refractivity contribution in [1.29, 1.82) is 0 Å². The molecule has 0 radical (unpaired) electrons. The van der Waals surface area contributed by atoms with Gasteiger partial charge in [-0.1, -0.05) is 36.4 Å². The third-order valence-electron chi connectivity index (χ3n) is 2.86. The Morgan fingerprint density at radius 2 is 1.90 bits per heavy atom. The predicted molar refractivity (Wildman–Crippen MR) is 77.3 cm³/mol. The molecule has 1 nitrogen and oxygen atoms in total. The number of alkyl halides is 5. The molecule has 21 heavy (non-hydrogen) atoms. The van der Waals surface area contributed by atoms with Crippen molar-refractivity contribution >= 4 is 28.1 Å². The van der Waals surface area contributed by atoms with Gasteiger partial charge in [-0.3, -0.25) is 0 Å². The number of aromatic nitrogens is 1. The van der Waals surface area contributed by atoms with Gasteiger partial charge >= 0.3 is 12.1 Å². The van der Waals surface area contributed by atoms with Crippen LogP contribution in [-0.2, 0) is 6.54 Å². The van der Waals surface area contributed by atoms with Gasteiger partial charge in [0.1, 0.15) is 0 Å². The molecule has 0 atom stereocenters. The molecule has 0 aliphatic rings. The number of hydrogen-bond acceptors (Lipinski definition) is 0. The molecule has 0 N–H and O–H groups in total. The Balaban J connectivity index is 3.16. The van der Waals surface area contributed by atoms with E-state index in [4.69, 9.17) is 0 Å². The van der Waals surface area contributed by atoms with Crippen molar-refractivity contribution in [2.45, 2.75) is 32.5 Å². The molecule has 0 bridgehead atoms. The summed E-state index contributed by atoms with van der Waals surface area (Å²) in [7, 11) is 0. The van der Waals surface area contributed by atoms with Crippen LogP contribution in [0, 0.1) is 5.92 Å². The minimum Gasteiger partial charge on any atom is -0.341 e. The smallest absolute Gasteiger partial charge is 0.341 e. The van der Waals surface area contributed by atoms with E-state index in [2.05, 4.69) is 22.5 Å². The molecule has 0 saturated heterocycles. The summed E-state index contributed by atoms with van der Waals surface area (Å²) in [5, 5.41) is 0. The van der Waals surface area contributed by atoms with Crippen LogP contribution in [0.1, 0.15) is 25.1 Å². The Labute approximate surface area is 128 Å². The zero-order valence-electron chi connectivity index (χ0n) is 11.5. The Morgan fingerprint density at radius 3 is 2.33 bits per heavy atom. The highest BCUT2D eigenvalue weighted by Crippen LogP contribution is 2.37. The maximum atomic E-state index is 13.1. The topological polar surface area (TPSA) is 4.93 Å². The highest BCUT2D eigenvalue weighted by Gasteiger charge is 2.57. The molecule has 0 saturated carbocycles. The molecule has 118 valence electrons. The van der Waals surface area contributed by atoms with Crippen LogP contribution >= 0.6 is 15.9 Å². The Morgan fingerprint density at radius 1 is 1.33 bits per heavy atom. The summed E-state index contributed by atoms with van der Waals surface area (Å²) >= 11 is 3.33. The van der Waals surface area contributed by atoms with Crippen LogP contribution in [-0.4, -0.2) is 16.7 Å². The SMILES string of the molecule is C=Cc1c(/C=C(/Br)C(C)C)ccn1CC(F)(F)C(F)(F)F. The van der Waals surface area contributed by atoms with E-state index in [0.717, 1.165) is 9.05 Å². The molecule has 1 aromatic heterocycles. The number of nitrogens with zero attached hydrogens (tertiary/aromatic N) is 1. The fraction of sp³-hybridized carbons (Fsp3) is 0.429. The fourth-order valence-corrected chi connectivity index (χ4v) is 1.86. The van der Waals surface area contributed by atoms with Gasteiger partial charge in [-0.15, -0.1) is 0 Å². The molecule has 0 aliphatic heterocycles. The first-order valence-corrected chi connectivity index (χ1v) is 6.92. The van der Waals surface area contributed by atoms with Gasteiger partial charge in [-0.05, 0) is 28.6 Å². The summed E-state index contributed by atoms with van der Waals surface area (Å²) < 4.78 is 64.7. The van der Waals surface area contributed by atoms with Crippen molar-refractivity contribution in [3.05, 3.63) is 34.6 Å². The van der Waals surface area contributed by atoms with Gasteiger partial charge in [-0.2, -0.15) is 22.0 Å². The van der Waals surface area contributed by atoms with Crippen LogP contribution in [0.2, 0.25) is 0 Å². The normalized spacial score (nSPS) is 13.9. The lowest BCUT2D eigenvalue weighted by Gasteiger charge is -2.21. The zero-order valence-corrected chi connectivity index (χ0v) is 13.1. The molecule has 0 aromatic carbocycles. The summed E-state index contributed by atoms with van der Waals surface area (Å²) in [4.78, 5) is 0. The van der Waals surface area contributed by atoms with Crippen LogP contribution in [0.15, 0.2) is 23.3 Å². The average molecular weight is 372 g/mol. The number of hydrogen-bond donors (Lipinski definition) is 0. The molecular weight excluding hydrogens is 357 g/mol. The molecule has 0 amide bonds. The maximum absolute atomic E-state index is 13.1. The number of halogens is 6. The zero-order chi connectivity index (χ0) is 16.4. The van der Waals surface area contributed by atoms with E-state index in [1.165, 1.54) is 18.3 Å². The number of rotatable bonds is 5. The molecule has 0 unspecified atom stereocenters. The van der Waals surface area contributed by atoms with Gasteiger partial charge in [0.15, 0.2) is 0 Å². The number of allylic oxidation sites excluding steroid dienone is 1. The molecular formula is C14H15BrF5N. The van der Waals surface area contributed by atoms with Gasteiger partial charge in [0.05, 0.1) is 6.54 Å².